The van der Waals surface area contributed by atoms with Crippen molar-refractivity contribution in [2.24, 2.45) is 5.73 Å². The van der Waals surface area contributed by atoms with Crippen molar-refractivity contribution >= 4 is 34.2 Å². The van der Waals surface area contributed by atoms with Gasteiger partial charge in [0.1, 0.15) is 5.76 Å². The van der Waals surface area contributed by atoms with E-state index in [-0.39, 0.29) is 0 Å². The molecule has 0 aliphatic heterocycles. The maximum atomic E-state index is 13.3. The molecule has 1 aromatic heterocycles. The Morgan fingerprint density at radius 1 is 1.00 bits per heavy atom. The molecule has 2 nitrogen and oxygen atoms in total. The van der Waals surface area contributed by atoms with E-state index in [1.807, 2.05) is 0 Å². The zero-order valence-electron chi connectivity index (χ0n) is 10.5. The maximum Gasteiger partial charge on any atom is 0.159 e. The molecule has 0 radical (unpaired) electrons. The molecule has 1 unspecified atom stereocenters. The molecule has 0 fully saturated rings. The number of benzene rings is 2. The summed E-state index contributed by atoms with van der Waals surface area (Å²) in [6, 6.07) is 7.67. The third-order valence-corrected chi connectivity index (χ3v) is 3.66. The van der Waals surface area contributed by atoms with Gasteiger partial charge < -0.3 is 10.2 Å². The van der Waals surface area contributed by atoms with Crippen molar-refractivity contribution in [3.8, 4) is 0 Å². The van der Waals surface area contributed by atoms with Crippen LogP contribution < -0.4 is 5.73 Å². The standard InChI is InChI=1S/C15H9Cl2F2NO/c16-9-3-8-5-13(21-15(8)10(17)6-9)14(20)7-1-2-11(18)12(19)4-7/h1-6,14H,20H2. The van der Waals surface area contributed by atoms with E-state index >= 15 is 0 Å². The highest BCUT2D eigenvalue weighted by Crippen LogP contribution is 2.33. The van der Waals surface area contributed by atoms with Gasteiger partial charge >= 0.3 is 0 Å². The third-order valence-electron chi connectivity index (χ3n) is 3.16. The van der Waals surface area contributed by atoms with E-state index in [1.54, 1.807) is 18.2 Å². The first-order chi connectivity index (χ1) is 9.95. The molecule has 0 aliphatic carbocycles. The van der Waals surface area contributed by atoms with Gasteiger partial charge in [0.15, 0.2) is 17.2 Å². The Kier molecular flexibility index (Phi) is 3.61. The van der Waals surface area contributed by atoms with Gasteiger partial charge in [0, 0.05) is 10.4 Å². The molecule has 3 aromatic rings. The number of furan rings is 1. The van der Waals surface area contributed by atoms with E-state index in [4.69, 9.17) is 33.4 Å². The van der Waals surface area contributed by atoms with E-state index in [0.717, 1.165) is 12.1 Å². The van der Waals surface area contributed by atoms with E-state index in [1.165, 1.54) is 6.07 Å². The van der Waals surface area contributed by atoms with Gasteiger partial charge in [-0.25, -0.2) is 8.78 Å². The van der Waals surface area contributed by atoms with Crippen LogP contribution in [0.3, 0.4) is 0 Å². The quantitative estimate of drug-likeness (QED) is 0.714. The van der Waals surface area contributed by atoms with Crippen LogP contribution in [0.25, 0.3) is 11.0 Å². The Hall–Kier alpha value is -1.62. The lowest BCUT2D eigenvalue weighted by atomic mass is 10.0. The Bertz CT molecular complexity index is 832. The van der Waals surface area contributed by atoms with Crippen LogP contribution in [-0.4, -0.2) is 0 Å². The molecule has 0 amide bonds. The van der Waals surface area contributed by atoms with E-state index in [2.05, 4.69) is 0 Å². The zero-order chi connectivity index (χ0) is 15.1. The summed E-state index contributed by atoms with van der Waals surface area (Å²) in [6.45, 7) is 0. The van der Waals surface area contributed by atoms with Gasteiger partial charge in [0.05, 0.1) is 11.1 Å². The van der Waals surface area contributed by atoms with E-state index in [9.17, 15) is 8.78 Å². The second-order valence-electron chi connectivity index (χ2n) is 4.61. The molecule has 1 atom stereocenters. The average molecular weight is 328 g/mol. The molecule has 0 saturated heterocycles. The summed E-state index contributed by atoms with van der Waals surface area (Å²) in [5.41, 5.74) is 6.88. The highest BCUT2D eigenvalue weighted by molar-refractivity contribution is 6.38. The molecule has 0 spiro atoms. The minimum absolute atomic E-state index is 0.362. The van der Waals surface area contributed by atoms with Crippen LogP contribution >= 0.6 is 23.2 Å². The number of halogens is 4. The summed E-state index contributed by atoms with van der Waals surface area (Å²) in [7, 11) is 0. The zero-order valence-corrected chi connectivity index (χ0v) is 12.1. The van der Waals surface area contributed by atoms with Crippen LogP contribution in [0.1, 0.15) is 17.4 Å². The van der Waals surface area contributed by atoms with Crippen LogP contribution in [0.15, 0.2) is 40.8 Å². The largest absolute Gasteiger partial charge is 0.457 e. The fraction of sp³-hybridized carbons (Fsp3) is 0.0667. The van der Waals surface area contributed by atoms with Gasteiger partial charge in [-0.05, 0) is 35.9 Å². The maximum absolute atomic E-state index is 13.3. The van der Waals surface area contributed by atoms with Crippen LogP contribution in [0.5, 0.6) is 0 Å². The predicted molar refractivity (Wildman–Crippen MR) is 78.6 cm³/mol. The first-order valence-electron chi connectivity index (χ1n) is 6.04. The summed E-state index contributed by atoms with van der Waals surface area (Å²) in [6.07, 6.45) is 0. The molecule has 0 bridgehead atoms. The van der Waals surface area contributed by atoms with Crippen molar-refractivity contribution in [3.05, 3.63) is 69.4 Å². The lowest BCUT2D eigenvalue weighted by molar-refractivity contribution is 0.499. The third kappa shape index (κ3) is 2.62. The number of hydrogen-bond acceptors (Lipinski definition) is 2. The van der Waals surface area contributed by atoms with Gasteiger partial charge in [-0.15, -0.1) is 0 Å². The lowest BCUT2D eigenvalue weighted by Crippen LogP contribution is -2.11. The van der Waals surface area contributed by atoms with Crippen LogP contribution in [0, 0.1) is 11.6 Å². The number of fused-ring (bicyclic) bond motifs is 1. The van der Waals surface area contributed by atoms with Gasteiger partial charge in [-0.3, -0.25) is 0 Å². The number of rotatable bonds is 2. The van der Waals surface area contributed by atoms with Crippen LogP contribution in [0.2, 0.25) is 10.0 Å². The van der Waals surface area contributed by atoms with Crippen LogP contribution in [0.4, 0.5) is 8.78 Å². The highest BCUT2D eigenvalue weighted by Gasteiger charge is 2.17. The van der Waals surface area contributed by atoms with E-state index < -0.39 is 17.7 Å². The number of nitrogens with two attached hydrogens (primary N) is 1. The molecule has 0 saturated carbocycles. The van der Waals surface area contributed by atoms with E-state index in [0.29, 0.717) is 32.3 Å². The fourth-order valence-corrected chi connectivity index (χ4v) is 2.67. The number of hydrogen-bond donors (Lipinski definition) is 1. The Balaban J connectivity index is 2.07. The average Bonchev–Trinajstić information content (AvgIpc) is 2.85. The summed E-state index contributed by atoms with van der Waals surface area (Å²) in [5.74, 6) is -1.49. The molecule has 0 aliphatic rings. The second kappa shape index (κ2) is 5.30. The van der Waals surface area contributed by atoms with Gasteiger partial charge in [0.25, 0.3) is 0 Å². The molecule has 21 heavy (non-hydrogen) atoms. The topological polar surface area (TPSA) is 39.2 Å². The monoisotopic (exact) mass is 327 g/mol. The first-order valence-corrected chi connectivity index (χ1v) is 6.80. The fourth-order valence-electron chi connectivity index (χ4n) is 2.12. The van der Waals surface area contributed by atoms with Crippen molar-refractivity contribution in [2.75, 3.05) is 0 Å². The van der Waals surface area contributed by atoms with Gasteiger partial charge in [0.2, 0.25) is 0 Å². The summed E-state index contributed by atoms with van der Waals surface area (Å²) < 4.78 is 31.8. The molecule has 1 heterocycles. The molecular weight excluding hydrogens is 319 g/mol. The summed E-state index contributed by atoms with van der Waals surface area (Å²) in [5, 5.41) is 1.53. The predicted octanol–water partition coefficient (Wildman–Crippen LogP) is 5.07. The molecule has 6 heteroatoms. The highest BCUT2D eigenvalue weighted by atomic mass is 35.5. The van der Waals surface area contributed by atoms with Crippen molar-refractivity contribution in [2.45, 2.75) is 6.04 Å². The Morgan fingerprint density at radius 3 is 2.48 bits per heavy atom. The minimum Gasteiger partial charge on any atom is -0.457 e. The summed E-state index contributed by atoms with van der Waals surface area (Å²) in [4.78, 5) is 0. The molecular formula is C15H9Cl2F2NO. The van der Waals surface area contributed by atoms with Gasteiger partial charge in [-0.2, -0.15) is 0 Å². The minimum atomic E-state index is -0.958. The van der Waals surface area contributed by atoms with Crippen molar-refractivity contribution < 1.29 is 13.2 Å². The Labute approximate surface area is 129 Å². The van der Waals surface area contributed by atoms with Crippen molar-refractivity contribution in [3.63, 3.8) is 0 Å². The summed E-state index contributed by atoms with van der Waals surface area (Å²) >= 11 is 12.0. The SMILES string of the molecule is NC(c1ccc(F)c(F)c1)c1cc2cc(Cl)cc(Cl)c2o1. The van der Waals surface area contributed by atoms with Crippen molar-refractivity contribution in [1.82, 2.24) is 0 Å². The molecule has 108 valence electrons. The Morgan fingerprint density at radius 2 is 1.76 bits per heavy atom. The normalized spacial score (nSPS) is 12.8. The molecule has 2 N–H and O–H groups in total. The lowest BCUT2D eigenvalue weighted by Gasteiger charge is -2.09. The second-order valence-corrected chi connectivity index (χ2v) is 5.45. The van der Waals surface area contributed by atoms with Crippen LogP contribution in [-0.2, 0) is 0 Å². The first kappa shape index (κ1) is 14.3. The van der Waals surface area contributed by atoms with Crippen molar-refractivity contribution in [1.29, 1.82) is 0 Å². The van der Waals surface area contributed by atoms with Gasteiger partial charge in [-0.1, -0.05) is 29.3 Å². The molecule has 2 aromatic carbocycles. The smallest absolute Gasteiger partial charge is 0.159 e. The molecule has 3 rings (SSSR count).